The highest BCUT2D eigenvalue weighted by atomic mass is 32.2. The zero-order valence-corrected chi connectivity index (χ0v) is 15.6. The Kier molecular flexibility index (Phi) is 5.87. The van der Waals surface area contributed by atoms with E-state index in [-0.39, 0.29) is 0 Å². The molecule has 0 spiro atoms. The smallest absolute Gasteiger partial charge is 0.223 e. The average molecular weight is 364 g/mol. The Morgan fingerprint density at radius 2 is 2.27 bits per heavy atom. The fourth-order valence-electron chi connectivity index (χ4n) is 2.48. The molecule has 1 aliphatic heterocycles. The molecule has 0 radical (unpaired) electrons. The van der Waals surface area contributed by atoms with Gasteiger partial charge in [0.25, 0.3) is 0 Å². The first-order valence-corrected chi connectivity index (χ1v) is 9.33. The lowest BCUT2D eigenvalue weighted by Gasteiger charge is -2.10. The molecule has 0 unspecified atom stereocenters. The number of nitriles is 1. The summed E-state index contributed by atoms with van der Waals surface area (Å²) in [5.74, 6) is 0.523. The fraction of sp³-hybridized carbons (Fsp3) is 0.263. The monoisotopic (exact) mass is 364 g/mol. The van der Waals surface area contributed by atoms with Gasteiger partial charge < -0.3 is 10.6 Å². The molecule has 0 aromatic carbocycles. The highest BCUT2D eigenvalue weighted by Gasteiger charge is 2.18. The molecule has 3 heterocycles. The van der Waals surface area contributed by atoms with Crippen LogP contribution in [0.3, 0.4) is 0 Å². The van der Waals surface area contributed by atoms with Gasteiger partial charge in [0.2, 0.25) is 5.95 Å². The second kappa shape index (κ2) is 8.50. The van der Waals surface area contributed by atoms with Gasteiger partial charge in [-0.3, -0.25) is 4.98 Å². The molecule has 132 valence electrons. The van der Waals surface area contributed by atoms with Gasteiger partial charge in [0.1, 0.15) is 11.6 Å². The second-order valence-corrected chi connectivity index (χ2v) is 6.70. The van der Waals surface area contributed by atoms with Gasteiger partial charge in [-0.25, -0.2) is 9.97 Å². The quantitative estimate of drug-likeness (QED) is 0.757. The van der Waals surface area contributed by atoms with E-state index in [1.807, 2.05) is 30.7 Å². The first-order chi connectivity index (χ1) is 12.7. The standard InChI is InChI=1S/C19H20N6S/c1-3-15-12-26-18(24-15)16(9-20)17-13(2)10-23-19(25-17)22-8-6-14-5-4-7-21-11-14/h4-5,7,10-12,24H,3,6,8H2,1-2H3,(H,22,23,25)/b18-16+. The van der Waals surface area contributed by atoms with Crippen molar-refractivity contribution < 1.29 is 0 Å². The summed E-state index contributed by atoms with van der Waals surface area (Å²) in [5.41, 5.74) is 4.34. The molecular weight excluding hydrogens is 344 g/mol. The van der Waals surface area contributed by atoms with Gasteiger partial charge in [-0.05, 0) is 42.4 Å². The van der Waals surface area contributed by atoms with Crippen molar-refractivity contribution in [3.05, 3.63) is 63.7 Å². The summed E-state index contributed by atoms with van der Waals surface area (Å²) >= 11 is 1.53. The molecule has 0 bridgehead atoms. The van der Waals surface area contributed by atoms with Crippen LogP contribution in [0.2, 0.25) is 0 Å². The highest BCUT2D eigenvalue weighted by molar-refractivity contribution is 8.06. The minimum absolute atomic E-state index is 0.523. The summed E-state index contributed by atoms with van der Waals surface area (Å²) in [4.78, 5) is 13.0. The normalized spacial score (nSPS) is 15.0. The SMILES string of the molecule is CCC1=CS/C(=C(\C#N)c2nc(NCCc3cccnc3)ncc2C)N1. The molecule has 7 heteroatoms. The Labute approximate surface area is 157 Å². The van der Waals surface area contributed by atoms with Crippen LogP contribution >= 0.6 is 11.8 Å². The Hall–Kier alpha value is -2.85. The second-order valence-electron chi connectivity index (χ2n) is 5.82. The number of anilines is 1. The minimum atomic E-state index is 0.523. The van der Waals surface area contributed by atoms with Crippen molar-refractivity contribution in [1.29, 1.82) is 5.26 Å². The van der Waals surface area contributed by atoms with E-state index < -0.39 is 0 Å². The van der Waals surface area contributed by atoms with Crippen molar-refractivity contribution in [3.8, 4) is 6.07 Å². The maximum Gasteiger partial charge on any atom is 0.223 e. The van der Waals surface area contributed by atoms with Crippen molar-refractivity contribution in [2.24, 2.45) is 0 Å². The van der Waals surface area contributed by atoms with Crippen LogP contribution in [0.4, 0.5) is 5.95 Å². The van der Waals surface area contributed by atoms with Crippen LogP contribution in [0.1, 0.15) is 30.2 Å². The van der Waals surface area contributed by atoms with E-state index in [0.29, 0.717) is 23.8 Å². The van der Waals surface area contributed by atoms with Crippen LogP contribution in [-0.4, -0.2) is 21.5 Å². The number of pyridine rings is 1. The number of allylic oxidation sites excluding steroid dienone is 2. The topological polar surface area (TPSA) is 86.5 Å². The summed E-state index contributed by atoms with van der Waals surface area (Å²) in [6, 6.07) is 6.25. The van der Waals surface area contributed by atoms with E-state index in [4.69, 9.17) is 0 Å². The molecule has 0 amide bonds. The molecular formula is C19H20N6S. The Morgan fingerprint density at radius 1 is 1.38 bits per heavy atom. The predicted octanol–water partition coefficient (Wildman–Crippen LogP) is 3.61. The van der Waals surface area contributed by atoms with Crippen molar-refractivity contribution >= 4 is 23.3 Å². The van der Waals surface area contributed by atoms with Gasteiger partial charge >= 0.3 is 0 Å². The third kappa shape index (κ3) is 4.21. The van der Waals surface area contributed by atoms with Gasteiger partial charge in [0, 0.05) is 30.8 Å². The number of rotatable bonds is 6. The maximum atomic E-state index is 9.67. The first-order valence-electron chi connectivity index (χ1n) is 8.45. The summed E-state index contributed by atoms with van der Waals surface area (Å²) in [6.45, 7) is 4.69. The van der Waals surface area contributed by atoms with E-state index in [1.165, 1.54) is 11.8 Å². The lowest BCUT2D eigenvalue weighted by atomic mass is 10.1. The van der Waals surface area contributed by atoms with E-state index in [2.05, 4.69) is 38.6 Å². The zero-order chi connectivity index (χ0) is 18.4. The van der Waals surface area contributed by atoms with Crippen molar-refractivity contribution in [3.63, 3.8) is 0 Å². The molecule has 0 aliphatic carbocycles. The van der Waals surface area contributed by atoms with Crippen LogP contribution in [0, 0.1) is 18.3 Å². The van der Waals surface area contributed by atoms with Crippen LogP contribution in [-0.2, 0) is 6.42 Å². The molecule has 2 aromatic rings. The number of nitrogens with zero attached hydrogens (tertiary/aromatic N) is 4. The van der Waals surface area contributed by atoms with Gasteiger partial charge in [0.15, 0.2) is 0 Å². The third-order valence-corrected chi connectivity index (χ3v) is 4.89. The molecule has 2 N–H and O–H groups in total. The number of aromatic nitrogens is 3. The van der Waals surface area contributed by atoms with E-state index in [0.717, 1.165) is 34.7 Å². The molecule has 0 saturated carbocycles. The van der Waals surface area contributed by atoms with E-state index in [9.17, 15) is 5.26 Å². The van der Waals surface area contributed by atoms with Crippen LogP contribution in [0.15, 0.2) is 46.9 Å². The number of hydrogen-bond acceptors (Lipinski definition) is 7. The molecule has 6 nitrogen and oxygen atoms in total. The van der Waals surface area contributed by atoms with Gasteiger partial charge in [-0.2, -0.15) is 5.26 Å². The Bertz CT molecular complexity index is 883. The fourth-order valence-corrected chi connectivity index (χ4v) is 3.42. The minimum Gasteiger partial charge on any atom is -0.354 e. The van der Waals surface area contributed by atoms with Crippen LogP contribution in [0.25, 0.3) is 5.57 Å². The average Bonchev–Trinajstić information content (AvgIpc) is 3.14. The number of thioether (sulfide) groups is 1. The summed E-state index contributed by atoms with van der Waals surface area (Å²) < 4.78 is 0. The maximum absolute atomic E-state index is 9.67. The molecule has 1 aliphatic rings. The molecule has 0 saturated heterocycles. The van der Waals surface area contributed by atoms with Gasteiger partial charge in [-0.15, -0.1) is 0 Å². The molecule has 0 atom stereocenters. The lowest BCUT2D eigenvalue weighted by Crippen LogP contribution is -2.11. The first kappa shape index (κ1) is 18.0. The molecule has 2 aromatic heterocycles. The van der Waals surface area contributed by atoms with Crippen LogP contribution < -0.4 is 10.6 Å². The largest absolute Gasteiger partial charge is 0.354 e. The number of nitrogens with one attached hydrogen (secondary N) is 2. The zero-order valence-electron chi connectivity index (χ0n) is 14.8. The molecule has 26 heavy (non-hydrogen) atoms. The van der Waals surface area contributed by atoms with Crippen molar-refractivity contribution in [2.45, 2.75) is 26.7 Å². The highest BCUT2D eigenvalue weighted by Crippen LogP contribution is 2.32. The summed E-state index contributed by atoms with van der Waals surface area (Å²) in [6.07, 6.45) is 7.09. The summed E-state index contributed by atoms with van der Waals surface area (Å²) in [5, 5.41) is 19.1. The van der Waals surface area contributed by atoms with Gasteiger partial charge in [-0.1, -0.05) is 24.8 Å². The predicted molar refractivity (Wildman–Crippen MR) is 105 cm³/mol. The summed E-state index contributed by atoms with van der Waals surface area (Å²) in [7, 11) is 0. The number of aryl methyl sites for hydroxylation is 1. The number of hydrogen-bond donors (Lipinski definition) is 2. The molecule has 0 fully saturated rings. The van der Waals surface area contributed by atoms with Crippen molar-refractivity contribution in [1.82, 2.24) is 20.3 Å². The van der Waals surface area contributed by atoms with E-state index >= 15 is 0 Å². The molecule has 3 rings (SSSR count). The van der Waals surface area contributed by atoms with Crippen LogP contribution in [0.5, 0.6) is 0 Å². The Morgan fingerprint density at radius 3 is 2.96 bits per heavy atom. The third-order valence-electron chi connectivity index (χ3n) is 3.94. The lowest BCUT2D eigenvalue weighted by molar-refractivity contribution is 0.948. The van der Waals surface area contributed by atoms with E-state index in [1.54, 1.807) is 12.4 Å². The van der Waals surface area contributed by atoms with Gasteiger partial charge in [0.05, 0.1) is 10.7 Å². The Balaban J connectivity index is 1.75. The van der Waals surface area contributed by atoms with Crippen molar-refractivity contribution in [2.75, 3.05) is 11.9 Å².